The molecule has 0 aliphatic carbocycles. The lowest BCUT2D eigenvalue weighted by atomic mass is 9.99. The van der Waals surface area contributed by atoms with Crippen LogP contribution in [0.25, 0.3) is 0 Å². The minimum Gasteiger partial charge on any atom is -0.467 e. The fourth-order valence-corrected chi connectivity index (χ4v) is 1.13. The van der Waals surface area contributed by atoms with Crippen LogP contribution in [-0.4, -0.2) is 17.8 Å². The van der Waals surface area contributed by atoms with E-state index >= 15 is 0 Å². The van der Waals surface area contributed by atoms with Crippen LogP contribution in [0.1, 0.15) is 32.1 Å². The Morgan fingerprint density at radius 1 is 1.62 bits per heavy atom. The smallest absolute Gasteiger partial charge is 0.132 e. The normalized spacial score (nSPS) is 14.5. The fourth-order valence-electron chi connectivity index (χ4n) is 1.13. The standard InChI is InChI=1S/C10H16O3/c1-10(2,12-3)7-8(11)9-5-4-6-13-9/h4-6,8,11H,7H2,1-3H3. The predicted octanol–water partition coefficient (Wildman–Crippen LogP) is 2.13. The molecule has 1 aromatic heterocycles. The van der Waals surface area contributed by atoms with Crippen molar-refractivity contribution in [1.29, 1.82) is 0 Å². The Bertz CT molecular complexity index is 239. The largest absolute Gasteiger partial charge is 0.467 e. The van der Waals surface area contributed by atoms with Crippen LogP contribution in [0, 0.1) is 0 Å². The molecule has 0 radical (unpaired) electrons. The average Bonchev–Trinajstić information content (AvgIpc) is 2.55. The maximum absolute atomic E-state index is 9.70. The molecular weight excluding hydrogens is 168 g/mol. The maximum Gasteiger partial charge on any atom is 0.132 e. The summed E-state index contributed by atoms with van der Waals surface area (Å²) in [7, 11) is 1.63. The van der Waals surface area contributed by atoms with E-state index in [-0.39, 0.29) is 5.60 Å². The first-order chi connectivity index (χ1) is 6.05. The number of hydrogen-bond acceptors (Lipinski definition) is 3. The lowest BCUT2D eigenvalue weighted by molar-refractivity contribution is -0.0248. The molecule has 0 amide bonds. The highest BCUT2D eigenvalue weighted by Crippen LogP contribution is 2.25. The number of aliphatic hydroxyl groups is 1. The molecule has 3 heteroatoms. The van der Waals surface area contributed by atoms with Gasteiger partial charge in [-0.3, -0.25) is 0 Å². The number of furan rings is 1. The van der Waals surface area contributed by atoms with E-state index in [0.29, 0.717) is 12.2 Å². The molecule has 1 heterocycles. The highest BCUT2D eigenvalue weighted by molar-refractivity contribution is 5.02. The van der Waals surface area contributed by atoms with Gasteiger partial charge in [-0.1, -0.05) is 0 Å². The van der Waals surface area contributed by atoms with Gasteiger partial charge in [0, 0.05) is 13.5 Å². The fraction of sp³-hybridized carbons (Fsp3) is 0.600. The lowest BCUT2D eigenvalue weighted by Gasteiger charge is -2.24. The third-order valence-electron chi connectivity index (χ3n) is 2.11. The number of aliphatic hydroxyl groups excluding tert-OH is 1. The van der Waals surface area contributed by atoms with Gasteiger partial charge in [0.1, 0.15) is 11.9 Å². The molecule has 0 aliphatic heterocycles. The van der Waals surface area contributed by atoms with Crippen molar-refractivity contribution >= 4 is 0 Å². The number of hydrogen-bond donors (Lipinski definition) is 1. The van der Waals surface area contributed by atoms with Crippen LogP contribution in [0.4, 0.5) is 0 Å². The number of ether oxygens (including phenoxy) is 1. The number of rotatable bonds is 4. The zero-order valence-corrected chi connectivity index (χ0v) is 8.28. The molecule has 3 nitrogen and oxygen atoms in total. The Morgan fingerprint density at radius 3 is 2.77 bits per heavy atom. The van der Waals surface area contributed by atoms with E-state index in [1.165, 1.54) is 0 Å². The van der Waals surface area contributed by atoms with Crippen LogP contribution in [0.5, 0.6) is 0 Å². The summed E-state index contributed by atoms with van der Waals surface area (Å²) in [5.41, 5.74) is -0.327. The Balaban J connectivity index is 2.56. The molecule has 0 fully saturated rings. The first-order valence-electron chi connectivity index (χ1n) is 4.32. The summed E-state index contributed by atoms with van der Waals surface area (Å²) in [6, 6.07) is 3.52. The molecule has 1 unspecified atom stereocenters. The highest BCUT2D eigenvalue weighted by atomic mass is 16.5. The van der Waals surface area contributed by atoms with E-state index in [1.54, 1.807) is 25.5 Å². The van der Waals surface area contributed by atoms with Gasteiger partial charge in [0.15, 0.2) is 0 Å². The van der Waals surface area contributed by atoms with Gasteiger partial charge in [0.25, 0.3) is 0 Å². The van der Waals surface area contributed by atoms with Crippen molar-refractivity contribution in [2.24, 2.45) is 0 Å². The van der Waals surface area contributed by atoms with E-state index in [4.69, 9.17) is 9.15 Å². The van der Waals surface area contributed by atoms with E-state index < -0.39 is 6.10 Å². The molecule has 0 saturated carbocycles. The summed E-state index contributed by atoms with van der Waals surface area (Å²) in [4.78, 5) is 0. The van der Waals surface area contributed by atoms with Crippen molar-refractivity contribution in [3.63, 3.8) is 0 Å². The third-order valence-corrected chi connectivity index (χ3v) is 2.11. The molecule has 1 rings (SSSR count). The van der Waals surface area contributed by atoms with Crippen molar-refractivity contribution in [2.45, 2.75) is 32.0 Å². The third kappa shape index (κ3) is 2.86. The Hall–Kier alpha value is -0.800. The van der Waals surface area contributed by atoms with Gasteiger partial charge in [-0.2, -0.15) is 0 Å². The number of methoxy groups -OCH3 is 1. The van der Waals surface area contributed by atoms with Gasteiger partial charge >= 0.3 is 0 Å². The average molecular weight is 184 g/mol. The molecule has 1 atom stereocenters. The predicted molar refractivity (Wildman–Crippen MR) is 49.4 cm³/mol. The van der Waals surface area contributed by atoms with Gasteiger partial charge in [-0.25, -0.2) is 0 Å². The minimum atomic E-state index is -0.593. The van der Waals surface area contributed by atoms with Crippen LogP contribution < -0.4 is 0 Å². The van der Waals surface area contributed by atoms with Crippen LogP contribution in [-0.2, 0) is 4.74 Å². The molecule has 0 aliphatic rings. The summed E-state index contributed by atoms with van der Waals surface area (Å²) in [5, 5.41) is 9.70. The maximum atomic E-state index is 9.70. The molecule has 0 bridgehead atoms. The first-order valence-corrected chi connectivity index (χ1v) is 4.32. The first kappa shape index (κ1) is 10.3. The molecule has 0 aromatic carbocycles. The molecule has 1 aromatic rings. The summed E-state index contributed by atoms with van der Waals surface area (Å²) >= 11 is 0. The van der Waals surface area contributed by atoms with Crippen LogP contribution in [0.15, 0.2) is 22.8 Å². The Labute approximate surface area is 78.3 Å². The molecule has 1 N–H and O–H groups in total. The van der Waals surface area contributed by atoms with Crippen molar-refractivity contribution in [3.8, 4) is 0 Å². The van der Waals surface area contributed by atoms with Gasteiger partial charge in [-0.15, -0.1) is 0 Å². The zero-order valence-electron chi connectivity index (χ0n) is 8.28. The molecule has 0 spiro atoms. The molecule has 74 valence electrons. The van der Waals surface area contributed by atoms with Crippen molar-refractivity contribution in [3.05, 3.63) is 24.2 Å². The summed E-state index contributed by atoms with van der Waals surface area (Å²) in [5.74, 6) is 0.588. The Kier molecular flexibility index (Phi) is 3.12. The van der Waals surface area contributed by atoms with E-state index in [1.807, 2.05) is 13.8 Å². The second kappa shape index (κ2) is 3.94. The molecule has 13 heavy (non-hydrogen) atoms. The van der Waals surface area contributed by atoms with Crippen LogP contribution >= 0.6 is 0 Å². The summed E-state index contributed by atoms with van der Waals surface area (Å²) in [6.07, 6.45) is 1.49. The van der Waals surface area contributed by atoms with Crippen molar-refractivity contribution in [1.82, 2.24) is 0 Å². The molecule has 0 saturated heterocycles. The molecular formula is C10H16O3. The van der Waals surface area contributed by atoms with Crippen molar-refractivity contribution < 1.29 is 14.3 Å². The van der Waals surface area contributed by atoms with Crippen LogP contribution in [0.3, 0.4) is 0 Å². The highest BCUT2D eigenvalue weighted by Gasteiger charge is 2.23. The minimum absolute atomic E-state index is 0.327. The SMILES string of the molecule is COC(C)(C)CC(O)c1ccco1. The van der Waals surface area contributed by atoms with E-state index in [2.05, 4.69) is 0 Å². The second-order valence-electron chi connectivity index (χ2n) is 3.70. The van der Waals surface area contributed by atoms with Gasteiger partial charge in [-0.05, 0) is 26.0 Å². The lowest BCUT2D eigenvalue weighted by Crippen LogP contribution is -2.25. The van der Waals surface area contributed by atoms with Gasteiger partial charge < -0.3 is 14.3 Å². The summed E-state index contributed by atoms with van der Waals surface area (Å²) < 4.78 is 10.3. The van der Waals surface area contributed by atoms with Crippen molar-refractivity contribution in [2.75, 3.05) is 7.11 Å². The quantitative estimate of drug-likeness (QED) is 0.779. The van der Waals surface area contributed by atoms with E-state index in [9.17, 15) is 5.11 Å². The van der Waals surface area contributed by atoms with Gasteiger partial charge in [0.05, 0.1) is 11.9 Å². The zero-order chi connectivity index (χ0) is 9.90. The monoisotopic (exact) mass is 184 g/mol. The van der Waals surface area contributed by atoms with E-state index in [0.717, 1.165) is 0 Å². The summed E-state index contributed by atoms with van der Waals surface area (Å²) in [6.45, 7) is 3.86. The topological polar surface area (TPSA) is 42.6 Å². The van der Waals surface area contributed by atoms with Crippen LogP contribution in [0.2, 0.25) is 0 Å². The second-order valence-corrected chi connectivity index (χ2v) is 3.70. The Morgan fingerprint density at radius 2 is 2.31 bits per heavy atom. The van der Waals surface area contributed by atoms with Gasteiger partial charge in [0.2, 0.25) is 0 Å².